The number of halogens is 1. The lowest BCUT2D eigenvalue weighted by molar-refractivity contribution is -0.384. The molecule has 0 atom stereocenters. The van der Waals surface area contributed by atoms with Gasteiger partial charge in [-0.3, -0.25) is 19.8 Å². The van der Waals surface area contributed by atoms with Crippen LogP contribution in [0.4, 0.5) is 11.4 Å². The summed E-state index contributed by atoms with van der Waals surface area (Å²) >= 11 is 9.73. The summed E-state index contributed by atoms with van der Waals surface area (Å²) in [5, 5.41) is 19.6. The zero-order chi connectivity index (χ0) is 22.7. The van der Waals surface area contributed by atoms with Crippen molar-refractivity contribution in [3.63, 3.8) is 0 Å². The Kier molecular flexibility index (Phi) is 6.93. The third-order valence-electron chi connectivity index (χ3n) is 4.00. The quantitative estimate of drug-likeness (QED) is 0.245. The second-order valence-corrected chi connectivity index (χ2v) is 8.54. The van der Waals surface area contributed by atoms with Crippen LogP contribution >= 0.6 is 39.9 Å². The molecule has 0 aromatic heterocycles. The number of thioether (sulfide) groups is 1. The number of carbonyl (C=O) groups excluding carboxylic acids is 1. The number of rotatable bonds is 7. The summed E-state index contributed by atoms with van der Waals surface area (Å²) in [5.41, 5.74) is 0.926. The van der Waals surface area contributed by atoms with Gasteiger partial charge in [-0.25, -0.2) is 4.79 Å². The number of anilines is 1. The van der Waals surface area contributed by atoms with Gasteiger partial charge in [0.05, 0.1) is 27.1 Å². The number of nitrogens with zero attached hydrogens (tertiary/aromatic N) is 2. The summed E-state index contributed by atoms with van der Waals surface area (Å²) < 4.78 is 11.3. The maximum Gasteiger partial charge on any atom is 0.341 e. The third-order valence-corrected chi connectivity index (χ3v) is 5.89. The third kappa shape index (κ3) is 5.03. The van der Waals surface area contributed by atoms with E-state index >= 15 is 0 Å². The Morgan fingerprint density at radius 2 is 2.03 bits per heavy atom. The summed E-state index contributed by atoms with van der Waals surface area (Å²) in [6, 6.07) is 8.77. The fourth-order valence-electron chi connectivity index (χ4n) is 2.66. The first-order chi connectivity index (χ1) is 14.7. The molecule has 0 unspecified atom stereocenters. The van der Waals surface area contributed by atoms with Gasteiger partial charge in [0.1, 0.15) is 0 Å². The van der Waals surface area contributed by atoms with Crippen LogP contribution in [0.25, 0.3) is 6.08 Å². The maximum absolute atomic E-state index is 12.9. The maximum atomic E-state index is 12.9. The number of amides is 1. The van der Waals surface area contributed by atoms with Crippen LogP contribution in [-0.4, -0.2) is 39.9 Å². The molecule has 12 heteroatoms. The fraction of sp³-hybridized carbons (Fsp3) is 0.105. The highest BCUT2D eigenvalue weighted by Gasteiger charge is 2.33. The molecular formula is C19H13BrN2O7S2. The molecule has 0 radical (unpaired) electrons. The number of methoxy groups -OCH3 is 1. The lowest BCUT2D eigenvalue weighted by atomic mass is 10.1. The molecule has 2 aromatic carbocycles. The number of benzene rings is 2. The number of nitro benzene ring substituents is 1. The topological polar surface area (TPSA) is 119 Å². The Morgan fingerprint density at radius 3 is 2.61 bits per heavy atom. The molecular weight excluding hydrogens is 512 g/mol. The van der Waals surface area contributed by atoms with Crippen molar-refractivity contribution in [2.24, 2.45) is 0 Å². The van der Waals surface area contributed by atoms with Crippen molar-refractivity contribution >= 4 is 73.6 Å². The monoisotopic (exact) mass is 524 g/mol. The predicted octanol–water partition coefficient (Wildman–Crippen LogP) is 4.24. The van der Waals surface area contributed by atoms with Crippen molar-refractivity contribution in [3.05, 3.63) is 61.5 Å². The van der Waals surface area contributed by atoms with Gasteiger partial charge in [0, 0.05) is 12.1 Å². The van der Waals surface area contributed by atoms with E-state index in [1.165, 1.54) is 36.3 Å². The summed E-state index contributed by atoms with van der Waals surface area (Å²) in [7, 11) is 1.41. The van der Waals surface area contributed by atoms with E-state index in [2.05, 4.69) is 15.9 Å². The van der Waals surface area contributed by atoms with E-state index in [4.69, 9.17) is 26.8 Å². The van der Waals surface area contributed by atoms with E-state index in [0.717, 1.165) is 11.8 Å². The van der Waals surface area contributed by atoms with Gasteiger partial charge in [-0.05, 0) is 51.8 Å². The smallest absolute Gasteiger partial charge is 0.341 e. The molecule has 0 spiro atoms. The number of non-ortho nitro benzene ring substituents is 1. The molecule has 1 N–H and O–H groups in total. The van der Waals surface area contributed by atoms with Crippen molar-refractivity contribution < 1.29 is 29.1 Å². The first-order valence-corrected chi connectivity index (χ1v) is 10.5. The van der Waals surface area contributed by atoms with Gasteiger partial charge >= 0.3 is 5.97 Å². The number of ether oxygens (including phenoxy) is 2. The summed E-state index contributed by atoms with van der Waals surface area (Å²) in [6.07, 6.45) is 1.61. The van der Waals surface area contributed by atoms with Crippen LogP contribution in [0, 0.1) is 10.1 Å². The molecule has 1 fully saturated rings. The van der Waals surface area contributed by atoms with E-state index in [9.17, 15) is 19.7 Å². The molecule has 9 nitrogen and oxygen atoms in total. The normalized spacial score (nSPS) is 14.8. The number of aliphatic carboxylic acids is 1. The minimum absolute atomic E-state index is 0.0908. The Balaban J connectivity index is 1.89. The standard InChI is InChI=1S/C19H13BrN2O7S2/c1-28-14-7-10(6-13(20)17(14)29-9-16(23)24)8-15-18(25)21(19(30)31-15)11-2-4-12(5-3-11)22(26)27/h2-8H,9H2,1H3,(H,23,24). The summed E-state index contributed by atoms with van der Waals surface area (Å²) in [6.45, 7) is -0.539. The number of nitro groups is 1. The molecule has 1 saturated heterocycles. The molecule has 0 saturated carbocycles. The molecule has 31 heavy (non-hydrogen) atoms. The zero-order valence-corrected chi connectivity index (χ0v) is 19.0. The van der Waals surface area contributed by atoms with Crippen molar-refractivity contribution in [2.45, 2.75) is 0 Å². The number of carboxylic acid groups (broad SMARTS) is 1. The molecule has 1 amide bonds. The molecule has 160 valence electrons. The molecule has 3 rings (SSSR count). The van der Waals surface area contributed by atoms with Crippen molar-refractivity contribution in [2.75, 3.05) is 18.6 Å². The lowest BCUT2D eigenvalue weighted by Crippen LogP contribution is -2.27. The van der Waals surface area contributed by atoms with Crippen molar-refractivity contribution in [3.8, 4) is 11.5 Å². The van der Waals surface area contributed by atoms with E-state index in [1.807, 2.05) is 0 Å². The van der Waals surface area contributed by atoms with E-state index in [1.54, 1.807) is 18.2 Å². The van der Waals surface area contributed by atoms with Gasteiger partial charge in [0.25, 0.3) is 11.6 Å². The Hall–Kier alpha value is -2.96. The van der Waals surface area contributed by atoms with Gasteiger partial charge in [0.15, 0.2) is 22.4 Å². The average molecular weight is 525 g/mol. The Labute approximate surface area is 193 Å². The highest BCUT2D eigenvalue weighted by atomic mass is 79.9. The largest absolute Gasteiger partial charge is 0.493 e. The van der Waals surface area contributed by atoms with Crippen LogP contribution in [-0.2, 0) is 9.59 Å². The molecule has 1 heterocycles. The minimum atomic E-state index is -1.13. The highest BCUT2D eigenvalue weighted by molar-refractivity contribution is 9.10. The van der Waals surface area contributed by atoms with Crippen LogP contribution in [0.15, 0.2) is 45.8 Å². The van der Waals surface area contributed by atoms with Gasteiger partial charge in [-0.2, -0.15) is 0 Å². The minimum Gasteiger partial charge on any atom is -0.493 e. The second kappa shape index (κ2) is 9.45. The van der Waals surface area contributed by atoms with Crippen LogP contribution in [0.3, 0.4) is 0 Å². The summed E-state index contributed by atoms with van der Waals surface area (Å²) in [5.74, 6) is -0.994. The lowest BCUT2D eigenvalue weighted by Gasteiger charge is -2.14. The van der Waals surface area contributed by atoms with Gasteiger partial charge in [-0.15, -0.1) is 0 Å². The predicted molar refractivity (Wildman–Crippen MR) is 123 cm³/mol. The number of hydrogen-bond donors (Lipinski definition) is 1. The number of hydrogen-bond acceptors (Lipinski definition) is 8. The number of carboxylic acids is 1. The Bertz CT molecular complexity index is 1120. The van der Waals surface area contributed by atoms with Crippen LogP contribution in [0.5, 0.6) is 11.5 Å². The van der Waals surface area contributed by atoms with Crippen LogP contribution in [0.1, 0.15) is 5.56 Å². The average Bonchev–Trinajstić information content (AvgIpc) is 2.99. The van der Waals surface area contributed by atoms with Crippen LogP contribution in [0.2, 0.25) is 0 Å². The molecule has 1 aliphatic rings. The Morgan fingerprint density at radius 1 is 1.35 bits per heavy atom. The first kappa shape index (κ1) is 22.7. The second-order valence-electron chi connectivity index (χ2n) is 6.01. The number of carbonyl (C=O) groups is 2. The molecule has 0 aliphatic carbocycles. The van der Waals surface area contributed by atoms with Crippen LogP contribution < -0.4 is 14.4 Å². The van der Waals surface area contributed by atoms with Crippen molar-refractivity contribution in [1.82, 2.24) is 0 Å². The van der Waals surface area contributed by atoms with E-state index < -0.39 is 17.5 Å². The summed E-state index contributed by atoms with van der Waals surface area (Å²) in [4.78, 5) is 35.6. The zero-order valence-electron chi connectivity index (χ0n) is 15.7. The first-order valence-electron chi connectivity index (χ1n) is 8.45. The highest BCUT2D eigenvalue weighted by Crippen LogP contribution is 2.40. The molecule has 0 bridgehead atoms. The molecule has 1 aliphatic heterocycles. The fourth-order valence-corrected chi connectivity index (χ4v) is 4.54. The van der Waals surface area contributed by atoms with Gasteiger partial charge in [-0.1, -0.05) is 24.0 Å². The van der Waals surface area contributed by atoms with E-state index in [-0.39, 0.29) is 27.4 Å². The van der Waals surface area contributed by atoms with E-state index in [0.29, 0.717) is 20.6 Å². The molecule has 2 aromatic rings. The van der Waals surface area contributed by atoms with Gasteiger partial charge < -0.3 is 14.6 Å². The van der Waals surface area contributed by atoms with Crippen molar-refractivity contribution in [1.29, 1.82) is 0 Å². The van der Waals surface area contributed by atoms with Gasteiger partial charge in [0.2, 0.25) is 0 Å². The SMILES string of the molecule is COc1cc(C=C2SC(=S)N(c3ccc([N+](=O)[O-])cc3)C2=O)cc(Br)c1OCC(=O)O. The number of thiocarbonyl (C=S) groups is 1.